The van der Waals surface area contributed by atoms with E-state index in [1.165, 1.54) is 0 Å². The molecule has 5 N–H and O–H groups in total. The summed E-state index contributed by atoms with van der Waals surface area (Å²) in [5.74, 6) is -0.399. The van der Waals surface area contributed by atoms with Gasteiger partial charge in [-0.1, -0.05) is 30.3 Å². The summed E-state index contributed by atoms with van der Waals surface area (Å²) in [7, 11) is 0. The maximum absolute atomic E-state index is 10.0. The Morgan fingerprint density at radius 1 is 0.720 bits per heavy atom. The summed E-state index contributed by atoms with van der Waals surface area (Å²) < 4.78 is 0. The number of rotatable bonds is 3. The highest BCUT2D eigenvalue weighted by Crippen LogP contribution is 2.41. The van der Waals surface area contributed by atoms with Crippen LogP contribution in [0.4, 0.5) is 5.69 Å². The van der Waals surface area contributed by atoms with Gasteiger partial charge in [-0.15, -0.1) is 0 Å². The van der Waals surface area contributed by atoms with Gasteiger partial charge in [0.1, 0.15) is 5.75 Å². The Kier molecular flexibility index (Phi) is 4.28. The monoisotopic (exact) mass is 335 g/mol. The molecule has 0 heterocycles. The lowest BCUT2D eigenvalue weighted by molar-refractivity contribution is 0.402. The number of hydrogen-bond donors (Lipinski definition) is 4. The second-order valence-corrected chi connectivity index (χ2v) is 6.31. The van der Waals surface area contributed by atoms with Gasteiger partial charge in [0, 0.05) is 17.7 Å². The van der Waals surface area contributed by atoms with Gasteiger partial charge in [-0.2, -0.15) is 0 Å². The van der Waals surface area contributed by atoms with Crippen molar-refractivity contribution in [3.05, 3.63) is 82.4 Å². The van der Waals surface area contributed by atoms with E-state index in [9.17, 15) is 15.3 Å². The van der Waals surface area contributed by atoms with Crippen LogP contribution in [0.15, 0.2) is 54.6 Å². The summed E-state index contributed by atoms with van der Waals surface area (Å²) in [6.45, 7) is 3.70. The first kappa shape index (κ1) is 16.7. The summed E-state index contributed by atoms with van der Waals surface area (Å²) in [6, 6.07) is 16.4. The number of anilines is 1. The fourth-order valence-corrected chi connectivity index (χ4v) is 3.17. The minimum Gasteiger partial charge on any atom is -0.508 e. The van der Waals surface area contributed by atoms with Crippen LogP contribution in [0.25, 0.3) is 0 Å². The van der Waals surface area contributed by atoms with Crippen LogP contribution in [-0.2, 0) is 0 Å². The highest BCUT2D eigenvalue weighted by atomic mass is 16.3. The Morgan fingerprint density at radius 3 is 2.04 bits per heavy atom. The highest BCUT2D eigenvalue weighted by molar-refractivity contribution is 5.62. The number of phenols is 3. The van der Waals surface area contributed by atoms with Crippen LogP contribution in [0.2, 0.25) is 0 Å². The molecule has 25 heavy (non-hydrogen) atoms. The normalized spacial score (nSPS) is 12.1. The molecule has 0 saturated carbocycles. The van der Waals surface area contributed by atoms with Crippen molar-refractivity contribution in [2.75, 3.05) is 5.73 Å². The molecule has 0 bridgehead atoms. The number of hydrogen-bond acceptors (Lipinski definition) is 4. The quantitative estimate of drug-likeness (QED) is 0.328. The predicted molar refractivity (Wildman–Crippen MR) is 99.2 cm³/mol. The summed E-state index contributed by atoms with van der Waals surface area (Å²) >= 11 is 0. The average molecular weight is 335 g/mol. The second-order valence-electron chi connectivity index (χ2n) is 6.31. The van der Waals surface area contributed by atoms with Crippen LogP contribution >= 0.6 is 0 Å². The molecule has 0 fully saturated rings. The van der Waals surface area contributed by atoms with Crippen molar-refractivity contribution < 1.29 is 15.3 Å². The molecule has 4 heteroatoms. The van der Waals surface area contributed by atoms with Crippen molar-refractivity contribution in [1.29, 1.82) is 0 Å². The smallest absolute Gasteiger partial charge is 0.157 e. The molecular formula is C21H21NO3. The maximum atomic E-state index is 10.0. The Balaban J connectivity index is 2.29. The molecule has 128 valence electrons. The van der Waals surface area contributed by atoms with E-state index in [1.807, 2.05) is 50.2 Å². The van der Waals surface area contributed by atoms with Crippen LogP contribution in [0, 0.1) is 13.8 Å². The molecule has 0 aliphatic rings. The molecule has 0 saturated heterocycles. The molecular weight excluding hydrogens is 314 g/mol. The molecule has 0 aliphatic carbocycles. The molecule has 0 radical (unpaired) electrons. The second kappa shape index (κ2) is 6.40. The molecule has 0 amide bonds. The van der Waals surface area contributed by atoms with E-state index in [2.05, 4.69) is 0 Å². The standard InChI is InChI=1S/C21H21NO3/c1-12-9-19(24)20(25)10-15(12)21(14-6-4-3-5-7-14)16-8-13(2)18(23)11-17(16)22/h3-11,21,23-25H,22H2,1-2H3. The van der Waals surface area contributed by atoms with Gasteiger partial charge in [0.15, 0.2) is 11.5 Å². The van der Waals surface area contributed by atoms with Crippen molar-refractivity contribution in [2.24, 2.45) is 0 Å². The van der Waals surface area contributed by atoms with E-state index in [0.29, 0.717) is 5.69 Å². The largest absolute Gasteiger partial charge is 0.508 e. The molecule has 3 rings (SSSR count). The first-order valence-electron chi connectivity index (χ1n) is 8.05. The van der Waals surface area contributed by atoms with Crippen LogP contribution in [-0.4, -0.2) is 15.3 Å². The van der Waals surface area contributed by atoms with Crippen molar-refractivity contribution >= 4 is 5.69 Å². The first-order chi connectivity index (χ1) is 11.9. The summed E-state index contributed by atoms with van der Waals surface area (Å²) in [5, 5.41) is 29.7. The molecule has 3 aromatic carbocycles. The van der Waals surface area contributed by atoms with Crippen molar-refractivity contribution in [1.82, 2.24) is 0 Å². The summed E-state index contributed by atoms with van der Waals surface area (Å²) in [4.78, 5) is 0. The van der Waals surface area contributed by atoms with Crippen molar-refractivity contribution in [2.45, 2.75) is 19.8 Å². The van der Waals surface area contributed by atoms with Gasteiger partial charge in [-0.3, -0.25) is 0 Å². The first-order valence-corrected chi connectivity index (χ1v) is 8.05. The lowest BCUT2D eigenvalue weighted by Gasteiger charge is -2.23. The topological polar surface area (TPSA) is 86.7 Å². The third kappa shape index (κ3) is 3.11. The molecule has 3 aromatic rings. The fraction of sp³-hybridized carbons (Fsp3) is 0.143. The van der Waals surface area contributed by atoms with Gasteiger partial charge in [0.2, 0.25) is 0 Å². The Labute approximate surface area is 146 Å². The van der Waals surface area contributed by atoms with E-state index >= 15 is 0 Å². The molecule has 0 aliphatic heterocycles. The Morgan fingerprint density at radius 2 is 1.36 bits per heavy atom. The van der Waals surface area contributed by atoms with Crippen LogP contribution in [0.3, 0.4) is 0 Å². The van der Waals surface area contributed by atoms with Gasteiger partial charge in [0.25, 0.3) is 0 Å². The highest BCUT2D eigenvalue weighted by Gasteiger charge is 2.23. The average Bonchev–Trinajstić information content (AvgIpc) is 2.58. The third-order valence-corrected chi connectivity index (χ3v) is 4.52. The maximum Gasteiger partial charge on any atom is 0.157 e. The number of benzene rings is 3. The number of aryl methyl sites for hydroxylation is 2. The molecule has 0 spiro atoms. The number of nitrogens with two attached hydrogens (primary N) is 1. The zero-order valence-electron chi connectivity index (χ0n) is 14.2. The number of phenolic OH excluding ortho intramolecular Hbond substituents is 3. The van der Waals surface area contributed by atoms with Crippen molar-refractivity contribution in [3.8, 4) is 17.2 Å². The van der Waals surface area contributed by atoms with E-state index in [1.54, 1.807) is 18.2 Å². The zero-order valence-corrected chi connectivity index (χ0v) is 14.2. The van der Waals surface area contributed by atoms with Crippen molar-refractivity contribution in [3.63, 3.8) is 0 Å². The van der Waals surface area contributed by atoms with E-state index in [0.717, 1.165) is 27.8 Å². The van der Waals surface area contributed by atoms with Gasteiger partial charge >= 0.3 is 0 Å². The van der Waals surface area contributed by atoms with Crippen LogP contribution in [0.5, 0.6) is 17.2 Å². The van der Waals surface area contributed by atoms with Crippen LogP contribution in [0.1, 0.15) is 33.7 Å². The lowest BCUT2D eigenvalue weighted by Crippen LogP contribution is -2.08. The minimum absolute atomic E-state index is 0.150. The Bertz CT molecular complexity index is 863. The molecule has 1 unspecified atom stereocenters. The predicted octanol–water partition coefficient (Wildman–Crippen LogP) is 4.18. The number of aromatic hydroxyl groups is 3. The molecule has 0 aromatic heterocycles. The lowest BCUT2D eigenvalue weighted by atomic mass is 9.81. The summed E-state index contributed by atoms with van der Waals surface area (Å²) in [6.07, 6.45) is 0. The SMILES string of the molecule is Cc1cc(C(c2ccccc2)c2cc(O)c(O)cc2C)c(N)cc1O. The molecule has 4 nitrogen and oxygen atoms in total. The summed E-state index contributed by atoms with van der Waals surface area (Å²) in [5.41, 5.74) is 11.0. The fourth-order valence-electron chi connectivity index (χ4n) is 3.17. The van der Waals surface area contributed by atoms with Crippen LogP contribution < -0.4 is 5.73 Å². The van der Waals surface area contributed by atoms with Gasteiger partial charge in [0.05, 0.1) is 0 Å². The minimum atomic E-state index is -0.230. The van der Waals surface area contributed by atoms with E-state index in [4.69, 9.17) is 5.73 Å². The van der Waals surface area contributed by atoms with E-state index < -0.39 is 0 Å². The van der Waals surface area contributed by atoms with Gasteiger partial charge < -0.3 is 21.1 Å². The third-order valence-electron chi connectivity index (χ3n) is 4.52. The van der Waals surface area contributed by atoms with Gasteiger partial charge in [-0.25, -0.2) is 0 Å². The van der Waals surface area contributed by atoms with E-state index in [-0.39, 0.29) is 23.2 Å². The molecule has 1 atom stereocenters. The van der Waals surface area contributed by atoms with Gasteiger partial charge in [-0.05, 0) is 59.9 Å². The number of nitrogen functional groups attached to an aromatic ring is 1. The zero-order chi connectivity index (χ0) is 18.1. The Hall–Kier alpha value is -3.14.